The molecule has 1 heterocycles. The third kappa shape index (κ3) is 2.83. The maximum absolute atomic E-state index is 5.54. The molecule has 0 radical (unpaired) electrons. The predicted octanol–water partition coefficient (Wildman–Crippen LogP) is 3.32. The van der Waals surface area contributed by atoms with E-state index in [2.05, 4.69) is 58.7 Å². The average Bonchev–Trinajstić information content (AvgIpc) is 2.50. The molecule has 0 fully saturated rings. The van der Waals surface area contributed by atoms with E-state index in [4.69, 9.17) is 5.73 Å². The summed E-state index contributed by atoms with van der Waals surface area (Å²) in [5, 5.41) is 7.96. The molecule has 0 aliphatic heterocycles. The molecule has 0 saturated carbocycles. The van der Waals surface area contributed by atoms with Crippen molar-refractivity contribution in [2.45, 2.75) is 6.42 Å². The number of nitrogen functional groups attached to an aromatic ring is 1. The van der Waals surface area contributed by atoms with Crippen LogP contribution in [0, 0.1) is 0 Å². The van der Waals surface area contributed by atoms with E-state index in [-0.39, 0.29) is 0 Å². The van der Waals surface area contributed by atoms with Gasteiger partial charge in [0.2, 0.25) is 0 Å². The van der Waals surface area contributed by atoms with Gasteiger partial charge in [-0.1, -0.05) is 54.6 Å². The predicted molar refractivity (Wildman–Crippen MR) is 81.1 cm³/mol. The molecule has 0 bridgehead atoms. The number of benzene rings is 2. The molecule has 3 heteroatoms. The number of anilines is 1. The lowest BCUT2D eigenvalue weighted by Gasteiger charge is -2.04. The lowest BCUT2D eigenvalue weighted by atomic mass is 10.0. The van der Waals surface area contributed by atoms with E-state index < -0.39 is 0 Å². The molecule has 0 amide bonds. The van der Waals surface area contributed by atoms with Crippen LogP contribution in [0.3, 0.4) is 0 Å². The first-order valence-electron chi connectivity index (χ1n) is 6.54. The van der Waals surface area contributed by atoms with Gasteiger partial charge in [-0.05, 0) is 29.7 Å². The van der Waals surface area contributed by atoms with Gasteiger partial charge in [-0.15, -0.1) is 10.2 Å². The van der Waals surface area contributed by atoms with Gasteiger partial charge >= 0.3 is 0 Å². The Balaban J connectivity index is 1.79. The minimum atomic E-state index is 0.439. The van der Waals surface area contributed by atoms with Crippen LogP contribution in [-0.4, -0.2) is 10.2 Å². The summed E-state index contributed by atoms with van der Waals surface area (Å²) in [6, 6.07) is 22.5. The first-order chi connectivity index (χ1) is 9.81. The van der Waals surface area contributed by atoms with Crippen molar-refractivity contribution in [3.05, 3.63) is 77.9 Å². The largest absolute Gasteiger partial charge is 0.382 e. The molecule has 3 rings (SSSR count). The lowest BCUT2D eigenvalue weighted by molar-refractivity contribution is 1.05. The van der Waals surface area contributed by atoms with Gasteiger partial charge in [-0.25, -0.2) is 0 Å². The maximum atomic E-state index is 5.54. The standard InChI is InChI=1S/C17H15N3/c18-17-11-10-16(19-20-17)15-8-6-14(7-9-15)12-13-4-2-1-3-5-13/h1-11H,12H2,(H2,18,20). The van der Waals surface area contributed by atoms with Gasteiger partial charge < -0.3 is 5.73 Å². The van der Waals surface area contributed by atoms with Gasteiger partial charge in [0.25, 0.3) is 0 Å². The molecule has 0 unspecified atom stereocenters. The summed E-state index contributed by atoms with van der Waals surface area (Å²) in [6.45, 7) is 0. The Labute approximate surface area is 118 Å². The van der Waals surface area contributed by atoms with E-state index in [0.717, 1.165) is 17.7 Å². The van der Waals surface area contributed by atoms with Gasteiger partial charge in [0.15, 0.2) is 0 Å². The fraction of sp³-hybridized carbons (Fsp3) is 0.0588. The fourth-order valence-corrected chi connectivity index (χ4v) is 2.12. The Morgan fingerprint density at radius 1 is 0.700 bits per heavy atom. The summed E-state index contributed by atoms with van der Waals surface area (Å²) in [5.74, 6) is 0.439. The molecule has 0 spiro atoms. The molecule has 2 aromatic carbocycles. The van der Waals surface area contributed by atoms with Gasteiger partial charge in [-0.2, -0.15) is 0 Å². The number of hydrogen-bond donors (Lipinski definition) is 1. The number of aromatic nitrogens is 2. The molecule has 20 heavy (non-hydrogen) atoms. The molecule has 1 aromatic heterocycles. The zero-order valence-electron chi connectivity index (χ0n) is 11.0. The Hall–Kier alpha value is -2.68. The Morgan fingerprint density at radius 2 is 1.40 bits per heavy atom. The molecular formula is C17H15N3. The molecule has 0 atom stereocenters. The quantitative estimate of drug-likeness (QED) is 0.787. The third-order valence-electron chi connectivity index (χ3n) is 3.19. The molecule has 2 N–H and O–H groups in total. The highest BCUT2D eigenvalue weighted by Gasteiger charge is 2.01. The van der Waals surface area contributed by atoms with Crippen LogP contribution < -0.4 is 5.73 Å². The van der Waals surface area contributed by atoms with Crippen molar-refractivity contribution in [2.24, 2.45) is 0 Å². The summed E-state index contributed by atoms with van der Waals surface area (Å²) in [4.78, 5) is 0. The molecule has 0 aliphatic rings. The Kier molecular flexibility index (Phi) is 3.42. The number of rotatable bonds is 3. The minimum Gasteiger partial charge on any atom is -0.382 e. The average molecular weight is 261 g/mol. The Morgan fingerprint density at radius 3 is 2.05 bits per heavy atom. The second kappa shape index (κ2) is 5.53. The van der Waals surface area contributed by atoms with E-state index in [1.807, 2.05) is 12.1 Å². The summed E-state index contributed by atoms with van der Waals surface area (Å²) >= 11 is 0. The van der Waals surface area contributed by atoms with Crippen LogP contribution in [0.4, 0.5) is 5.82 Å². The van der Waals surface area contributed by atoms with Gasteiger partial charge in [-0.3, -0.25) is 0 Å². The number of nitrogens with zero attached hydrogens (tertiary/aromatic N) is 2. The molecule has 3 nitrogen and oxygen atoms in total. The highest BCUT2D eigenvalue weighted by molar-refractivity contribution is 5.59. The maximum Gasteiger partial charge on any atom is 0.146 e. The van der Waals surface area contributed by atoms with Crippen LogP contribution in [0.5, 0.6) is 0 Å². The van der Waals surface area contributed by atoms with Crippen LogP contribution in [0.2, 0.25) is 0 Å². The van der Waals surface area contributed by atoms with E-state index in [1.165, 1.54) is 11.1 Å². The number of hydrogen-bond acceptors (Lipinski definition) is 3. The van der Waals surface area contributed by atoms with E-state index >= 15 is 0 Å². The van der Waals surface area contributed by atoms with E-state index in [0.29, 0.717) is 5.82 Å². The molecule has 3 aromatic rings. The first kappa shape index (κ1) is 12.4. The third-order valence-corrected chi connectivity index (χ3v) is 3.19. The first-order valence-corrected chi connectivity index (χ1v) is 6.54. The van der Waals surface area contributed by atoms with Gasteiger partial charge in [0, 0.05) is 5.56 Å². The summed E-state index contributed by atoms with van der Waals surface area (Å²) < 4.78 is 0. The van der Waals surface area contributed by atoms with Crippen molar-refractivity contribution in [3.63, 3.8) is 0 Å². The molecule has 0 saturated heterocycles. The van der Waals surface area contributed by atoms with Crippen molar-refractivity contribution < 1.29 is 0 Å². The van der Waals surface area contributed by atoms with E-state index in [1.54, 1.807) is 6.07 Å². The smallest absolute Gasteiger partial charge is 0.146 e. The topological polar surface area (TPSA) is 51.8 Å². The van der Waals surface area contributed by atoms with Crippen molar-refractivity contribution in [2.75, 3.05) is 5.73 Å². The second-order valence-electron chi connectivity index (χ2n) is 4.70. The summed E-state index contributed by atoms with van der Waals surface area (Å²) in [5.41, 5.74) is 10.0. The number of nitrogens with two attached hydrogens (primary N) is 1. The summed E-state index contributed by atoms with van der Waals surface area (Å²) in [7, 11) is 0. The van der Waals surface area contributed by atoms with Crippen LogP contribution in [0.25, 0.3) is 11.3 Å². The zero-order chi connectivity index (χ0) is 13.8. The monoisotopic (exact) mass is 261 g/mol. The zero-order valence-corrected chi connectivity index (χ0v) is 11.0. The van der Waals surface area contributed by atoms with Crippen molar-refractivity contribution in [1.82, 2.24) is 10.2 Å². The summed E-state index contributed by atoms with van der Waals surface area (Å²) in [6.07, 6.45) is 0.939. The minimum absolute atomic E-state index is 0.439. The van der Waals surface area contributed by atoms with Crippen LogP contribution >= 0.6 is 0 Å². The van der Waals surface area contributed by atoms with Crippen LogP contribution in [0.1, 0.15) is 11.1 Å². The van der Waals surface area contributed by atoms with Crippen molar-refractivity contribution >= 4 is 5.82 Å². The second-order valence-corrected chi connectivity index (χ2v) is 4.70. The molecule has 0 aliphatic carbocycles. The van der Waals surface area contributed by atoms with Crippen LogP contribution in [-0.2, 0) is 6.42 Å². The molecule has 98 valence electrons. The SMILES string of the molecule is Nc1ccc(-c2ccc(Cc3ccccc3)cc2)nn1. The van der Waals surface area contributed by atoms with E-state index in [9.17, 15) is 0 Å². The van der Waals surface area contributed by atoms with Gasteiger partial charge in [0.1, 0.15) is 5.82 Å². The molecular weight excluding hydrogens is 246 g/mol. The van der Waals surface area contributed by atoms with Crippen LogP contribution in [0.15, 0.2) is 66.7 Å². The fourth-order valence-electron chi connectivity index (χ4n) is 2.12. The van der Waals surface area contributed by atoms with Gasteiger partial charge in [0.05, 0.1) is 5.69 Å². The Bertz CT molecular complexity index is 674. The van der Waals surface area contributed by atoms with Crippen molar-refractivity contribution in [1.29, 1.82) is 0 Å². The highest BCUT2D eigenvalue weighted by atomic mass is 15.1. The normalized spacial score (nSPS) is 10.4. The lowest BCUT2D eigenvalue weighted by Crippen LogP contribution is -1.94. The van der Waals surface area contributed by atoms with Crippen molar-refractivity contribution in [3.8, 4) is 11.3 Å². The highest BCUT2D eigenvalue weighted by Crippen LogP contribution is 2.18.